The maximum Gasteiger partial charge on any atom is 0.410 e. The number of methoxy groups -OCH3 is 1. The maximum atomic E-state index is 13.9. The average molecular weight is 649 g/mol. The van der Waals surface area contributed by atoms with E-state index in [-0.39, 0.29) is 43.0 Å². The van der Waals surface area contributed by atoms with Gasteiger partial charge < -0.3 is 24.2 Å². The fourth-order valence-electron chi connectivity index (χ4n) is 6.82. The van der Waals surface area contributed by atoms with E-state index < -0.39 is 12.1 Å². The third kappa shape index (κ3) is 7.00. The fourth-order valence-corrected chi connectivity index (χ4v) is 6.82. The molecule has 4 aromatic carbocycles. The van der Waals surface area contributed by atoms with Gasteiger partial charge in [0.1, 0.15) is 24.7 Å². The molecule has 48 heavy (non-hydrogen) atoms. The first-order valence-electron chi connectivity index (χ1n) is 16.4. The van der Waals surface area contributed by atoms with Crippen LogP contribution in [0.5, 0.6) is 11.5 Å². The van der Waals surface area contributed by atoms with Crippen LogP contribution in [0.15, 0.2) is 91.0 Å². The second-order valence-electron chi connectivity index (χ2n) is 12.2. The van der Waals surface area contributed by atoms with Crippen LogP contribution in [0.4, 0.5) is 4.79 Å². The van der Waals surface area contributed by atoms with Crippen LogP contribution >= 0.6 is 0 Å². The van der Waals surface area contributed by atoms with E-state index in [1.165, 1.54) is 4.90 Å². The van der Waals surface area contributed by atoms with Crippen LogP contribution in [0.25, 0.3) is 11.1 Å². The molecule has 1 saturated heterocycles. The molecular formula is C39H40N2O7. The molecule has 9 heteroatoms. The number of nitrogens with zero attached hydrogens (tertiary/aromatic N) is 2. The molecule has 1 fully saturated rings. The highest BCUT2D eigenvalue weighted by atomic mass is 16.6. The number of carboxylic acid groups (broad SMARTS) is 1. The monoisotopic (exact) mass is 648 g/mol. The molecule has 0 bridgehead atoms. The normalized spacial score (nSPS) is 15.3. The van der Waals surface area contributed by atoms with E-state index in [0.717, 1.165) is 46.2 Å². The molecule has 0 saturated carbocycles. The van der Waals surface area contributed by atoms with Crippen molar-refractivity contribution in [2.75, 3.05) is 40.0 Å². The van der Waals surface area contributed by atoms with E-state index in [4.69, 9.17) is 14.2 Å². The van der Waals surface area contributed by atoms with Crippen LogP contribution in [-0.2, 0) is 16.1 Å². The molecule has 1 aliphatic carbocycles. The standard InChI is InChI=1S/C39H40N2O7/c1-3-47-36-21-30(46-2)18-17-29(36)23-41(24-37(42)40-19-9-12-28(22-40)26-10-8-11-27(20-26)38(43)44)39(45)48-25-35-33-15-6-4-13-31(33)32-14-5-7-16-34(32)35/h4-8,10-11,13-18,20-21,28,35H,3,9,12,19,22-25H2,1-2H3,(H,43,44). The number of benzene rings is 4. The Morgan fingerprint density at radius 1 is 0.917 bits per heavy atom. The number of likely N-dealkylation sites (tertiary alicyclic amines) is 1. The summed E-state index contributed by atoms with van der Waals surface area (Å²) >= 11 is 0. The van der Waals surface area contributed by atoms with Crippen LogP contribution in [0, 0.1) is 0 Å². The molecular weight excluding hydrogens is 608 g/mol. The van der Waals surface area contributed by atoms with Crippen molar-refractivity contribution in [1.29, 1.82) is 0 Å². The molecule has 1 atom stereocenters. The highest BCUT2D eigenvalue weighted by Gasteiger charge is 2.32. The smallest absolute Gasteiger partial charge is 0.410 e. The summed E-state index contributed by atoms with van der Waals surface area (Å²) in [5.74, 6) is -0.118. The number of carbonyl (C=O) groups is 3. The Kier molecular flexibility index (Phi) is 9.94. The molecule has 2 amide bonds. The third-order valence-electron chi connectivity index (χ3n) is 9.23. The van der Waals surface area contributed by atoms with Crippen molar-refractivity contribution in [3.8, 4) is 22.6 Å². The van der Waals surface area contributed by atoms with Crippen molar-refractivity contribution in [2.45, 2.75) is 38.1 Å². The van der Waals surface area contributed by atoms with E-state index in [9.17, 15) is 19.5 Å². The Labute approximate surface area is 280 Å². The van der Waals surface area contributed by atoms with Crippen LogP contribution in [0.1, 0.15) is 64.2 Å². The Morgan fingerprint density at radius 2 is 1.65 bits per heavy atom. The summed E-state index contributed by atoms with van der Waals surface area (Å²) < 4.78 is 17.3. The van der Waals surface area contributed by atoms with Gasteiger partial charge in [0.2, 0.25) is 5.91 Å². The molecule has 1 unspecified atom stereocenters. The van der Waals surface area contributed by atoms with E-state index >= 15 is 0 Å². The quantitative estimate of drug-likeness (QED) is 0.188. The fraction of sp³-hybridized carbons (Fsp3) is 0.308. The number of fused-ring (bicyclic) bond motifs is 3. The van der Waals surface area contributed by atoms with Gasteiger partial charge >= 0.3 is 12.1 Å². The summed E-state index contributed by atoms with van der Waals surface area (Å²) in [6.45, 7) is 3.34. The molecule has 1 N–H and O–H groups in total. The number of aromatic carboxylic acids is 1. The summed E-state index contributed by atoms with van der Waals surface area (Å²) in [6.07, 6.45) is 1.02. The average Bonchev–Trinajstić information content (AvgIpc) is 3.44. The molecule has 1 aliphatic heterocycles. The Bertz CT molecular complexity index is 1760. The Balaban J connectivity index is 1.22. The van der Waals surface area contributed by atoms with Gasteiger partial charge in [-0.2, -0.15) is 0 Å². The Hall–Kier alpha value is -5.31. The lowest BCUT2D eigenvalue weighted by Crippen LogP contribution is -2.46. The van der Waals surface area contributed by atoms with Crippen LogP contribution in [0.2, 0.25) is 0 Å². The van der Waals surface area contributed by atoms with Crippen molar-refractivity contribution < 1.29 is 33.7 Å². The minimum atomic E-state index is -0.982. The number of hydrogen-bond donors (Lipinski definition) is 1. The van der Waals surface area contributed by atoms with Crippen LogP contribution < -0.4 is 9.47 Å². The summed E-state index contributed by atoms with van der Waals surface area (Å²) in [7, 11) is 1.58. The Morgan fingerprint density at radius 3 is 2.33 bits per heavy atom. The number of ether oxygens (including phenoxy) is 3. The minimum Gasteiger partial charge on any atom is -0.497 e. The van der Waals surface area contributed by atoms with Crippen molar-refractivity contribution in [2.24, 2.45) is 0 Å². The first-order valence-corrected chi connectivity index (χ1v) is 16.4. The van der Waals surface area contributed by atoms with Crippen molar-refractivity contribution in [1.82, 2.24) is 9.80 Å². The molecule has 9 nitrogen and oxygen atoms in total. The highest BCUT2D eigenvalue weighted by molar-refractivity contribution is 5.88. The summed E-state index contributed by atoms with van der Waals surface area (Å²) in [5.41, 5.74) is 6.32. The minimum absolute atomic E-state index is 0.00366. The van der Waals surface area contributed by atoms with E-state index in [1.54, 1.807) is 42.3 Å². The number of rotatable bonds is 11. The summed E-state index contributed by atoms with van der Waals surface area (Å²) in [4.78, 5) is 42.6. The predicted molar refractivity (Wildman–Crippen MR) is 182 cm³/mol. The highest BCUT2D eigenvalue weighted by Crippen LogP contribution is 2.44. The maximum absolute atomic E-state index is 13.9. The number of amides is 2. The van der Waals surface area contributed by atoms with Gasteiger partial charge in [-0.25, -0.2) is 9.59 Å². The number of carbonyl (C=O) groups excluding carboxylic acids is 2. The zero-order valence-electron chi connectivity index (χ0n) is 27.3. The van der Waals surface area contributed by atoms with Crippen LogP contribution in [-0.4, -0.2) is 72.8 Å². The SMILES string of the molecule is CCOc1cc(OC)ccc1CN(CC(=O)N1CCCC(c2cccc(C(=O)O)c2)C1)C(=O)OCC1c2ccccc2-c2ccccc21. The van der Waals surface area contributed by atoms with E-state index in [1.807, 2.05) is 43.3 Å². The van der Waals surface area contributed by atoms with Gasteiger partial charge in [0.25, 0.3) is 0 Å². The number of piperidine rings is 1. The second kappa shape index (κ2) is 14.6. The van der Waals surface area contributed by atoms with Crippen molar-refractivity contribution in [3.63, 3.8) is 0 Å². The molecule has 0 spiro atoms. The van der Waals surface area contributed by atoms with Gasteiger partial charge in [0, 0.05) is 36.6 Å². The first-order chi connectivity index (χ1) is 23.4. The molecule has 4 aromatic rings. The lowest BCUT2D eigenvalue weighted by atomic mass is 9.89. The van der Waals surface area contributed by atoms with E-state index in [2.05, 4.69) is 24.3 Å². The largest absolute Gasteiger partial charge is 0.497 e. The third-order valence-corrected chi connectivity index (χ3v) is 9.23. The number of carboxylic acids is 1. The molecule has 248 valence electrons. The van der Waals surface area contributed by atoms with Gasteiger partial charge in [-0.05, 0) is 71.8 Å². The predicted octanol–water partition coefficient (Wildman–Crippen LogP) is 6.95. The van der Waals surface area contributed by atoms with Gasteiger partial charge in [-0.15, -0.1) is 0 Å². The molecule has 2 aliphatic rings. The van der Waals surface area contributed by atoms with Gasteiger partial charge in [-0.1, -0.05) is 60.7 Å². The molecule has 0 aromatic heterocycles. The van der Waals surface area contributed by atoms with Gasteiger partial charge in [-0.3, -0.25) is 9.69 Å². The van der Waals surface area contributed by atoms with Gasteiger partial charge in [0.15, 0.2) is 0 Å². The second-order valence-corrected chi connectivity index (χ2v) is 12.2. The molecule has 6 rings (SSSR count). The zero-order valence-corrected chi connectivity index (χ0v) is 27.3. The van der Waals surface area contributed by atoms with Crippen LogP contribution in [0.3, 0.4) is 0 Å². The van der Waals surface area contributed by atoms with E-state index in [0.29, 0.717) is 31.2 Å². The lowest BCUT2D eigenvalue weighted by Gasteiger charge is -2.34. The summed E-state index contributed by atoms with van der Waals surface area (Å²) in [5, 5.41) is 9.48. The molecule has 0 radical (unpaired) electrons. The number of hydrogen-bond acceptors (Lipinski definition) is 6. The van der Waals surface area contributed by atoms with Gasteiger partial charge in [0.05, 0.1) is 25.8 Å². The lowest BCUT2D eigenvalue weighted by molar-refractivity contribution is -0.133. The van der Waals surface area contributed by atoms with Crippen molar-refractivity contribution in [3.05, 3.63) is 119 Å². The summed E-state index contributed by atoms with van der Waals surface area (Å²) in [6, 6.07) is 28.6. The van der Waals surface area contributed by atoms with Crippen molar-refractivity contribution >= 4 is 18.0 Å². The molecule has 1 heterocycles. The zero-order chi connectivity index (χ0) is 33.6. The first kappa shape index (κ1) is 32.6. The topological polar surface area (TPSA) is 106 Å².